The first kappa shape index (κ1) is 14.5. The van der Waals surface area contributed by atoms with Gasteiger partial charge in [0, 0.05) is 0 Å². The van der Waals surface area contributed by atoms with E-state index in [-0.39, 0.29) is 7.92 Å². The SMILES string of the molecule is NC(N)=[NH+]CCCP(c1ccccc1)c1ccccc1. The Labute approximate surface area is 121 Å². The molecule has 0 aliphatic carbocycles. The summed E-state index contributed by atoms with van der Waals surface area (Å²) in [7, 11) is -0.313. The van der Waals surface area contributed by atoms with E-state index in [4.69, 9.17) is 11.5 Å². The van der Waals surface area contributed by atoms with E-state index in [1.54, 1.807) is 0 Å². The molecule has 0 bridgehead atoms. The molecule has 4 heteroatoms. The molecular weight excluding hydrogens is 265 g/mol. The normalized spacial score (nSPS) is 10.4. The van der Waals surface area contributed by atoms with Gasteiger partial charge in [-0.3, -0.25) is 16.5 Å². The van der Waals surface area contributed by atoms with Gasteiger partial charge in [0.1, 0.15) is 0 Å². The van der Waals surface area contributed by atoms with E-state index in [2.05, 4.69) is 65.7 Å². The molecule has 20 heavy (non-hydrogen) atoms. The fourth-order valence-electron chi connectivity index (χ4n) is 2.09. The van der Waals surface area contributed by atoms with Gasteiger partial charge in [-0.05, 0) is 31.1 Å². The molecule has 0 aliphatic rings. The maximum Gasteiger partial charge on any atom is 0.338 e. The zero-order valence-electron chi connectivity index (χ0n) is 11.5. The first-order valence-electron chi connectivity index (χ1n) is 6.77. The number of hydrogen-bond donors (Lipinski definition) is 3. The third kappa shape index (κ3) is 4.36. The van der Waals surface area contributed by atoms with E-state index in [1.807, 2.05) is 0 Å². The van der Waals surface area contributed by atoms with Crippen molar-refractivity contribution in [3.05, 3.63) is 60.7 Å². The predicted molar refractivity (Wildman–Crippen MR) is 87.8 cm³/mol. The van der Waals surface area contributed by atoms with Crippen LogP contribution in [0.3, 0.4) is 0 Å². The highest BCUT2D eigenvalue weighted by atomic mass is 31.1. The van der Waals surface area contributed by atoms with Crippen LogP contribution in [0.15, 0.2) is 60.7 Å². The molecule has 0 amide bonds. The van der Waals surface area contributed by atoms with Crippen LogP contribution in [0, 0.1) is 0 Å². The molecule has 2 aromatic rings. The highest BCUT2D eigenvalue weighted by molar-refractivity contribution is 7.73. The van der Waals surface area contributed by atoms with Crippen LogP contribution in [0.2, 0.25) is 0 Å². The summed E-state index contributed by atoms with van der Waals surface area (Å²) in [5.74, 6) is 0.300. The number of benzene rings is 2. The minimum absolute atomic E-state index is 0.300. The smallest absolute Gasteiger partial charge is 0.291 e. The maximum atomic E-state index is 5.42. The molecule has 0 unspecified atom stereocenters. The Bertz CT molecular complexity index is 497. The maximum absolute atomic E-state index is 5.42. The van der Waals surface area contributed by atoms with Crippen LogP contribution >= 0.6 is 7.92 Å². The van der Waals surface area contributed by atoms with Crippen LogP contribution in [0.5, 0.6) is 0 Å². The van der Waals surface area contributed by atoms with Gasteiger partial charge in [0.2, 0.25) is 0 Å². The van der Waals surface area contributed by atoms with Crippen molar-refractivity contribution in [1.82, 2.24) is 0 Å². The van der Waals surface area contributed by atoms with Crippen LogP contribution in [-0.4, -0.2) is 18.7 Å². The lowest BCUT2D eigenvalue weighted by atomic mass is 10.4. The molecule has 5 N–H and O–H groups in total. The van der Waals surface area contributed by atoms with Crippen molar-refractivity contribution in [2.24, 2.45) is 11.5 Å². The van der Waals surface area contributed by atoms with Crippen LogP contribution in [0.4, 0.5) is 0 Å². The number of rotatable bonds is 6. The Hall–Kier alpha value is -1.86. The van der Waals surface area contributed by atoms with Gasteiger partial charge in [-0.25, -0.2) is 0 Å². The Morgan fingerprint density at radius 1 is 0.850 bits per heavy atom. The van der Waals surface area contributed by atoms with Crippen LogP contribution in [-0.2, 0) is 0 Å². The quantitative estimate of drug-likeness (QED) is 0.300. The number of nitrogens with two attached hydrogens (primary N) is 2. The summed E-state index contributed by atoms with van der Waals surface area (Å²) >= 11 is 0. The van der Waals surface area contributed by atoms with Crippen molar-refractivity contribution in [3.63, 3.8) is 0 Å². The predicted octanol–water partition coefficient (Wildman–Crippen LogP) is -0.137. The Morgan fingerprint density at radius 2 is 1.35 bits per heavy atom. The van der Waals surface area contributed by atoms with E-state index in [0.29, 0.717) is 5.96 Å². The number of hydrogen-bond acceptors (Lipinski definition) is 0. The van der Waals surface area contributed by atoms with Gasteiger partial charge in [0.15, 0.2) is 0 Å². The van der Waals surface area contributed by atoms with Crippen molar-refractivity contribution in [2.45, 2.75) is 6.42 Å². The molecule has 3 nitrogen and oxygen atoms in total. The molecule has 2 rings (SSSR count). The molecule has 0 saturated heterocycles. The fourth-order valence-corrected chi connectivity index (χ4v) is 4.45. The van der Waals surface area contributed by atoms with Gasteiger partial charge >= 0.3 is 5.96 Å². The van der Waals surface area contributed by atoms with Gasteiger partial charge in [-0.15, -0.1) is 0 Å². The third-order valence-corrected chi connectivity index (χ3v) is 5.63. The molecule has 104 valence electrons. The van der Waals surface area contributed by atoms with E-state index >= 15 is 0 Å². The summed E-state index contributed by atoms with van der Waals surface area (Å²) in [5.41, 5.74) is 10.8. The minimum atomic E-state index is -0.313. The second-order valence-corrected chi connectivity index (χ2v) is 6.89. The minimum Gasteiger partial charge on any atom is -0.291 e. The zero-order chi connectivity index (χ0) is 14.2. The van der Waals surface area contributed by atoms with Crippen LogP contribution in [0.25, 0.3) is 0 Å². The van der Waals surface area contributed by atoms with Crippen LogP contribution in [0.1, 0.15) is 6.42 Å². The molecule has 0 saturated carbocycles. The number of guanidine groups is 1. The summed E-state index contributed by atoms with van der Waals surface area (Å²) in [6, 6.07) is 21.4. The molecule has 0 spiro atoms. The number of nitrogens with one attached hydrogen (secondary N) is 1. The van der Waals surface area contributed by atoms with E-state index in [1.165, 1.54) is 10.6 Å². The lowest BCUT2D eigenvalue weighted by molar-refractivity contribution is -0.458. The third-order valence-electron chi connectivity index (χ3n) is 3.02. The van der Waals surface area contributed by atoms with Crippen LogP contribution < -0.4 is 27.1 Å². The molecule has 0 fully saturated rings. The first-order chi connectivity index (χ1) is 9.77. The molecule has 0 atom stereocenters. The standard InChI is InChI=1S/C16H20N3P/c17-16(18)19-12-7-13-20(14-8-3-1-4-9-14)15-10-5-2-6-11-15/h1-6,8-11H,7,12-13H2,(H4,17,18,19)/p+1. The lowest BCUT2D eigenvalue weighted by Gasteiger charge is -2.18. The molecule has 0 aliphatic heterocycles. The second-order valence-electron chi connectivity index (χ2n) is 4.56. The average molecular weight is 286 g/mol. The van der Waals surface area contributed by atoms with Crippen molar-refractivity contribution < 1.29 is 4.99 Å². The zero-order valence-corrected chi connectivity index (χ0v) is 12.4. The molecule has 2 aromatic carbocycles. The second kappa shape index (κ2) is 7.66. The van der Waals surface area contributed by atoms with Gasteiger partial charge in [0.25, 0.3) is 0 Å². The molecule has 0 heterocycles. The Kier molecular flexibility index (Phi) is 5.57. The summed E-state index contributed by atoms with van der Waals surface area (Å²) in [5, 5.41) is 2.83. The summed E-state index contributed by atoms with van der Waals surface area (Å²) in [6.07, 6.45) is 2.18. The average Bonchev–Trinajstić information content (AvgIpc) is 2.49. The van der Waals surface area contributed by atoms with E-state index < -0.39 is 0 Å². The molecular formula is C16H21N3P+. The molecule has 0 radical (unpaired) electrons. The molecule has 0 aromatic heterocycles. The van der Waals surface area contributed by atoms with Crippen molar-refractivity contribution in [1.29, 1.82) is 0 Å². The van der Waals surface area contributed by atoms with Crippen molar-refractivity contribution >= 4 is 24.5 Å². The van der Waals surface area contributed by atoms with Gasteiger partial charge in [-0.1, -0.05) is 60.7 Å². The highest BCUT2D eigenvalue weighted by Gasteiger charge is 2.12. The van der Waals surface area contributed by atoms with Gasteiger partial charge < -0.3 is 0 Å². The summed E-state index contributed by atoms with van der Waals surface area (Å²) < 4.78 is 0. The fraction of sp³-hybridized carbons (Fsp3) is 0.188. The highest BCUT2D eigenvalue weighted by Crippen LogP contribution is 2.33. The van der Waals surface area contributed by atoms with Gasteiger partial charge in [-0.2, -0.15) is 0 Å². The topological polar surface area (TPSA) is 66.0 Å². The van der Waals surface area contributed by atoms with Gasteiger partial charge in [0.05, 0.1) is 6.54 Å². The van der Waals surface area contributed by atoms with Crippen molar-refractivity contribution in [3.8, 4) is 0 Å². The lowest BCUT2D eigenvalue weighted by Crippen LogP contribution is -2.78. The summed E-state index contributed by atoms with van der Waals surface area (Å²) in [4.78, 5) is 2.99. The van der Waals surface area contributed by atoms with E-state index in [9.17, 15) is 0 Å². The van der Waals surface area contributed by atoms with Crippen molar-refractivity contribution in [2.75, 3.05) is 12.7 Å². The Morgan fingerprint density at radius 3 is 1.80 bits per heavy atom. The van der Waals surface area contributed by atoms with E-state index in [0.717, 1.165) is 19.1 Å². The first-order valence-corrected chi connectivity index (χ1v) is 8.29. The largest absolute Gasteiger partial charge is 0.338 e. The monoisotopic (exact) mass is 286 g/mol. The Balaban J connectivity index is 2.11. The summed E-state index contributed by atoms with van der Waals surface area (Å²) in [6.45, 7) is 0.820.